The van der Waals surface area contributed by atoms with E-state index in [2.05, 4.69) is 4.74 Å². The molecule has 3 fully saturated rings. The molecule has 3 heterocycles. The first kappa shape index (κ1) is 38.9. The van der Waals surface area contributed by atoms with Gasteiger partial charge in [-0.3, -0.25) is 9.80 Å². The van der Waals surface area contributed by atoms with E-state index in [0.717, 1.165) is 24.0 Å². The van der Waals surface area contributed by atoms with E-state index in [4.69, 9.17) is 28.4 Å². The molecule has 7 atom stereocenters. The van der Waals surface area contributed by atoms with Crippen LogP contribution in [0.5, 0.6) is 0 Å². The molecule has 3 aliphatic rings. The number of hydrogen-bond acceptors (Lipinski definition) is 13. The number of ether oxygens (including phenoxy) is 7. The smallest absolute Gasteiger partial charge is 0.411 e. The van der Waals surface area contributed by atoms with Gasteiger partial charge in [-0.15, -0.1) is 0 Å². The number of hydrogen-bond donors (Lipinski definition) is 2. The molecular weight excluding hydrogens is 632 g/mol. The van der Waals surface area contributed by atoms with Crippen LogP contribution in [0, 0.1) is 0 Å². The van der Waals surface area contributed by atoms with Crippen molar-refractivity contribution >= 4 is 24.1 Å². The van der Waals surface area contributed by atoms with E-state index in [1.165, 1.54) is 12.0 Å². The van der Waals surface area contributed by atoms with Gasteiger partial charge < -0.3 is 43.4 Å². The summed E-state index contributed by atoms with van der Waals surface area (Å²) in [4.78, 5) is 50.6. The summed E-state index contributed by atoms with van der Waals surface area (Å²) >= 11 is 0. The standard InChI is InChI=1S/C22H31NO7.C11H19NO6/c1-22(2,3)30-21(25)23-13-16-19(18(23)20(24)26-4)29-17(28-16)11-8-12-27-14-15-9-6-5-7-10-15;1-11(2,3)18-10(16)12-5-6(13)8(14)7(12)9(15)17-4/h5-7,9-10,16-19H,8,11-14H2,1-4H3;6-8,13-14H,5H2,1-4H3/t16-,17?,18-,19-;6-,7-,8-/m00/s1. The Morgan fingerprint density at radius 3 is 1.90 bits per heavy atom. The maximum Gasteiger partial charge on any atom is 0.411 e. The van der Waals surface area contributed by atoms with Crippen LogP contribution >= 0.6 is 0 Å². The van der Waals surface area contributed by atoms with Crippen LogP contribution in [-0.2, 0) is 49.4 Å². The average molecular weight is 683 g/mol. The number of carbonyl (C=O) groups is 4. The van der Waals surface area contributed by atoms with E-state index < -0.39 is 78.1 Å². The van der Waals surface area contributed by atoms with Crippen LogP contribution in [0.25, 0.3) is 0 Å². The number of β-amino-alcohol motifs (C(OH)–C–C–N with tert-alkyl or cyclic N) is 1. The summed E-state index contributed by atoms with van der Waals surface area (Å²) in [6.45, 7) is 11.6. The summed E-state index contributed by atoms with van der Waals surface area (Å²) in [6, 6.07) is 7.86. The predicted octanol–water partition coefficient (Wildman–Crippen LogP) is 2.39. The van der Waals surface area contributed by atoms with Gasteiger partial charge in [0.25, 0.3) is 0 Å². The van der Waals surface area contributed by atoms with E-state index in [1.54, 1.807) is 41.5 Å². The molecule has 1 aromatic carbocycles. The third-order valence-electron chi connectivity index (χ3n) is 7.44. The summed E-state index contributed by atoms with van der Waals surface area (Å²) in [6.07, 6.45) is -3.91. The monoisotopic (exact) mass is 682 g/mol. The Balaban J connectivity index is 0.000000297. The fourth-order valence-corrected chi connectivity index (χ4v) is 5.33. The fourth-order valence-electron chi connectivity index (χ4n) is 5.33. The van der Waals surface area contributed by atoms with Gasteiger partial charge in [0.1, 0.15) is 35.6 Å². The molecular formula is C33H50N2O13. The van der Waals surface area contributed by atoms with E-state index in [1.807, 2.05) is 30.3 Å². The highest BCUT2D eigenvalue weighted by Crippen LogP contribution is 2.34. The van der Waals surface area contributed by atoms with Crippen molar-refractivity contribution in [1.29, 1.82) is 0 Å². The van der Waals surface area contributed by atoms with Gasteiger partial charge in [-0.2, -0.15) is 0 Å². The van der Waals surface area contributed by atoms with Crippen LogP contribution in [0.4, 0.5) is 9.59 Å². The molecule has 0 aromatic heterocycles. The summed E-state index contributed by atoms with van der Waals surface area (Å²) in [5, 5.41) is 19.2. The first-order chi connectivity index (χ1) is 22.5. The van der Waals surface area contributed by atoms with E-state index in [0.29, 0.717) is 19.6 Å². The zero-order chi connectivity index (χ0) is 35.8. The van der Waals surface area contributed by atoms with Crippen molar-refractivity contribution in [2.45, 2.75) is 115 Å². The molecule has 270 valence electrons. The third kappa shape index (κ3) is 10.8. The zero-order valence-corrected chi connectivity index (χ0v) is 29.0. The van der Waals surface area contributed by atoms with Crippen LogP contribution in [0.15, 0.2) is 30.3 Å². The van der Waals surface area contributed by atoms with Crippen molar-refractivity contribution in [3.63, 3.8) is 0 Å². The Morgan fingerprint density at radius 1 is 0.812 bits per heavy atom. The van der Waals surface area contributed by atoms with Crippen molar-refractivity contribution in [1.82, 2.24) is 9.80 Å². The number of methoxy groups -OCH3 is 2. The van der Waals surface area contributed by atoms with Crippen molar-refractivity contribution < 1.29 is 62.5 Å². The topological polar surface area (TPSA) is 180 Å². The van der Waals surface area contributed by atoms with Crippen molar-refractivity contribution in [2.75, 3.05) is 33.9 Å². The molecule has 0 saturated carbocycles. The Bertz CT molecular complexity index is 1230. The van der Waals surface area contributed by atoms with Crippen molar-refractivity contribution in [3.05, 3.63) is 35.9 Å². The summed E-state index contributed by atoms with van der Waals surface area (Å²) in [7, 11) is 2.44. The van der Waals surface area contributed by atoms with Gasteiger partial charge >= 0.3 is 24.1 Å². The second kappa shape index (κ2) is 16.7. The lowest BCUT2D eigenvalue weighted by Gasteiger charge is -2.29. The van der Waals surface area contributed by atoms with Crippen molar-refractivity contribution in [2.24, 2.45) is 0 Å². The minimum atomic E-state index is -1.37. The largest absolute Gasteiger partial charge is 0.467 e. The molecule has 48 heavy (non-hydrogen) atoms. The fraction of sp³-hybridized carbons (Fsp3) is 0.697. The van der Waals surface area contributed by atoms with E-state index in [9.17, 15) is 29.4 Å². The number of nitrogens with zero attached hydrogens (tertiary/aromatic N) is 2. The van der Waals surface area contributed by atoms with Gasteiger partial charge in [-0.25, -0.2) is 19.2 Å². The Labute approximate surface area is 281 Å². The number of carbonyl (C=O) groups excluding carboxylic acids is 4. The van der Waals surface area contributed by atoms with E-state index in [-0.39, 0.29) is 13.1 Å². The van der Waals surface area contributed by atoms with Gasteiger partial charge in [0.2, 0.25) is 0 Å². The molecule has 2 amide bonds. The first-order valence-electron chi connectivity index (χ1n) is 15.9. The molecule has 3 aliphatic heterocycles. The predicted molar refractivity (Wildman–Crippen MR) is 168 cm³/mol. The second-order valence-electron chi connectivity index (χ2n) is 13.6. The Kier molecular flexibility index (Phi) is 13.6. The quantitative estimate of drug-likeness (QED) is 0.232. The molecule has 1 aromatic rings. The molecule has 3 saturated heterocycles. The number of amides is 2. The number of aliphatic hydroxyl groups is 2. The molecule has 15 heteroatoms. The maximum atomic E-state index is 12.5. The molecule has 0 radical (unpaired) electrons. The van der Waals surface area contributed by atoms with Crippen molar-refractivity contribution in [3.8, 4) is 0 Å². The van der Waals surface area contributed by atoms with Crippen LogP contribution in [0.2, 0.25) is 0 Å². The average Bonchev–Trinajstić information content (AvgIpc) is 3.66. The lowest BCUT2D eigenvalue weighted by atomic mass is 10.1. The third-order valence-corrected chi connectivity index (χ3v) is 7.44. The molecule has 0 spiro atoms. The molecule has 2 N–H and O–H groups in total. The van der Waals surface area contributed by atoms with Gasteiger partial charge in [0.15, 0.2) is 18.4 Å². The molecule has 1 unspecified atom stereocenters. The number of benzene rings is 1. The summed E-state index contributed by atoms with van der Waals surface area (Å²) < 4.78 is 37.5. The van der Waals surface area contributed by atoms with Crippen LogP contribution < -0.4 is 0 Å². The number of rotatable bonds is 8. The second-order valence-corrected chi connectivity index (χ2v) is 13.6. The molecule has 15 nitrogen and oxygen atoms in total. The normalized spacial score (nSPS) is 26.7. The number of aliphatic hydroxyl groups excluding tert-OH is 2. The lowest BCUT2D eigenvalue weighted by Crippen LogP contribution is -2.48. The number of fused-ring (bicyclic) bond motifs is 1. The minimum absolute atomic E-state index is 0.171. The highest BCUT2D eigenvalue weighted by Gasteiger charge is 2.55. The van der Waals surface area contributed by atoms with Gasteiger partial charge in [-0.05, 0) is 53.5 Å². The van der Waals surface area contributed by atoms with Crippen LogP contribution in [-0.4, -0.2) is 132 Å². The molecule has 0 aliphatic carbocycles. The Morgan fingerprint density at radius 2 is 1.35 bits per heavy atom. The summed E-state index contributed by atoms with van der Waals surface area (Å²) in [5.41, 5.74) is -0.265. The summed E-state index contributed by atoms with van der Waals surface area (Å²) in [5.74, 6) is -1.33. The molecule has 4 rings (SSSR count). The van der Waals surface area contributed by atoms with Gasteiger partial charge in [-0.1, -0.05) is 30.3 Å². The number of likely N-dealkylation sites (tertiary alicyclic amines) is 2. The van der Waals surface area contributed by atoms with Crippen LogP contribution in [0.1, 0.15) is 59.9 Å². The lowest BCUT2D eigenvalue weighted by molar-refractivity contribution is -0.152. The van der Waals surface area contributed by atoms with E-state index >= 15 is 0 Å². The SMILES string of the molecule is COC(=O)[C@@H]1[C@@H](O)[C@@H](O)CN1C(=O)OC(C)(C)C.COC(=O)[C@@H]1[C@H]2OC(CCCOCc3ccccc3)O[C@H]2CN1C(=O)OC(C)(C)C. The Hall–Kier alpha value is -3.50. The van der Waals surface area contributed by atoms with Crippen LogP contribution in [0.3, 0.4) is 0 Å². The van der Waals surface area contributed by atoms with Gasteiger partial charge in [0.05, 0.1) is 33.9 Å². The zero-order valence-electron chi connectivity index (χ0n) is 29.0. The first-order valence-corrected chi connectivity index (χ1v) is 15.9. The highest BCUT2D eigenvalue weighted by molar-refractivity contribution is 5.84. The highest BCUT2D eigenvalue weighted by atomic mass is 16.7. The molecule has 0 bridgehead atoms. The maximum absolute atomic E-state index is 12.5. The number of esters is 2. The minimum Gasteiger partial charge on any atom is -0.467 e. The van der Waals surface area contributed by atoms with Gasteiger partial charge in [0, 0.05) is 13.0 Å².